The number of thioether (sulfide) groups is 1. The van der Waals surface area contributed by atoms with Crippen LogP contribution in [0.3, 0.4) is 0 Å². The molecule has 1 aromatic rings. The molecule has 1 fully saturated rings. The maximum absolute atomic E-state index is 9.89. The van der Waals surface area contributed by atoms with E-state index in [2.05, 4.69) is 5.10 Å². The lowest BCUT2D eigenvalue weighted by Crippen LogP contribution is -2.33. The van der Waals surface area contributed by atoms with E-state index in [0.29, 0.717) is 0 Å². The third-order valence-electron chi connectivity index (χ3n) is 2.46. The normalized spacial score (nSPS) is 26.3. The molecule has 0 amide bonds. The lowest BCUT2D eigenvalue weighted by molar-refractivity contribution is 0.0771. The van der Waals surface area contributed by atoms with Crippen molar-refractivity contribution in [3.63, 3.8) is 0 Å². The van der Waals surface area contributed by atoms with Crippen LogP contribution in [0.1, 0.15) is 5.56 Å². The minimum atomic E-state index is -0.484. The number of aromatic nitrogens is 2. The van der Waals surface area contributed by atoms with E-state index in [-0.39, 0.29) is 5.25 Å². The van der Waals surface area contributed by atoms with E-state index in [0.717, 1.165) is 16.3 Å². The van der Waals surface area contributed by atoms with Crippen molar-refractivity contribution in [1.29, 1.82) is 0 Å². The Labute approximate surface area is 98.3 Å². The maximum Gasteiger partial charge on any atom is 0.140 e. The molecule has 0 radical (unpaired) electrons. The number of aliphatic hydroxyl groups is 1. The topological polar surface area (TPSA) is 41.3 Å². The molecule has 0 spiro atoms. The van der Waals surface area contributed by atoms with Crippen LogP contribution in [0.25, 0.3) is 0 Å². The Bertz CT molecular complexity index is 379. The van der Waals surface area contributed by atoms with Gasteiger partial charge in [-0.15, -0.1) is 0 Å². The van der Waals surface area contributed by atoms with E-state index in [9.17, 15) is 5.11 Å². The van der Waals surface area contributed by atoms with Gasteiger partial charge in [0.05, 0.1) is 11.4 Å². The number of thiocarbonyl (C=S) groups is 1. The van der Waals surface area contributed by atoms with Gasteiger partial charge in [-0.3, -0.25) is 4.68 Å². The summed E-state index contributed by atoms with van der Waals surface area (Å²) in [6.07, 6.45) is 4.11. The molecule has 0 saturated carbocycles. The Morgan fingerprint density at radius 2 is 2.33 bits per heavy atom. The second kappa shape index (κ2) is 4.11. The summed E-state index contributed by atoms with van der Waals surface area (Å²) in [5.41, 5.74) is 1.13. The highest BCUT2D eigenvalue weighted by atomic mass is 32.2. The molecular formula is C9H13N3OS2. The Morgan fingerprint density at radius 1 is 1.60 bits per heavy atom. The smallest absolute Gasteiger partial charge is 0.140 e. The van der Waals surface area contributed by atoms with E-state index >= 15 is 0 Å². The van der Waals surface area contributed by atoms with Gasteiger partial charge in [0.15, 0.2) is 0 Å². The Balaban J connectivity index is 2.04. The molecule has 1 aliphatic rings. The average Bonchev–Trinajstić information content (AvgIpc) is 2.68. The van der Waals surface area contributed by atoms with Gasteiger partial charge in [0.25, 0.3) is 0 Å². The van der Waals surface area contributed by atoms with Crippen LogP contribution in [0.5, 0.6) is 0 Å². The molecule has 6 heteroatoms. The van der Waals surface area contributed by atoms with Crippen molar-refractivity contribution < 1.29 is 5.11 Å². The van der Waals surface area contributed by atoms with Gasteiger partial charge in [0, 0.05) is 20.3 Å². The number of aliphatic hydroxyl groups excluding tert-OH is 1. The van der Waals surface area contributed by atoms with Gasteiger partial charge < -0.3 is 10.0 Å². The molecule has 0 bridgehead atoms. The molecule has 1 aliphatic heterocycles. The van der Waals surface area contributed by atoms with Crippen molar-refractivity contribution in [2.45, 2.75) is 17.9 Å². The van der Waals surface area contributed by atoms with Crippen molar-refractivity contribution in [2.24, 2.45) is 7.05 Å². The van der Waals surface area contributed by atoms with Gasteiger partial charge in [-0.1, -0.05) is 24.0 Å². The summed E-state index contributed by atoms with van der Waals surface area (Å²) in [5.74, 6) is 0. The second-order valence-corrected chi connectivity index (χ2v) is 5.55. The third kappa shape index (κ3) is 2.16. The molecule has 82 valence electrons. The molecule has 1 saturated heterocycles. The summed E-state index contributed by atoms with van der Waals surface area (Å²) >= 11 is 6.68. The zero-order valence-corrected chi connectivity index (χ0v) is 10.3. The maximum atomic E-state index is 9.89. The van der Waals surface area contributed by atoms with Crippen LogP contribution < -0.4 is 0 Å². The van der Waals surface area contributed by atoms with Crippen molar-refractivity contribution in [1.82, 2.24) is 14.7 Å². The van der Waals surface area contributed by atoms with Crippen molar-refractivity contribution in [2.75, 3.05) is 7.05 Å². The Hall–Kier alpha value is -0.590. The van der Waals surface area contributed by atoms with Crippen LogP contribution in [-0.4, -0.2) is 42.6 Å². The van der Waals surface area contributed by atoms with Gasteiger partial charge >= 0.3 is 0 Å². The molecule has 2 heterocycles. The lowest BCUT2D eigenvalue weighted by atomic mass is 10.2. The van der Waals surface area contributed by atoms with Gasteiger partial charge in [-0.05, 0) is 12.0 Å². The zero-order chi connectivity index (χ0) is 11.0. The minimum Gasteiger partial charge on any atom is -0.372 e. The third-order valence-corrected chi connectivity index (χ3v) is 4.24. The zero-order valence-electron chi connectivity index (χ0n) is 8.62. The fraction of sp³-hybridized carbons (Fsp3) is 0.556. The monoisotopic (exact) mass is 243 g/mol. The van der Waals surface area contributed by atoms with Crippen LogP contribution in [0.4, 0.5) is 0 Å². The Kier molecular flexibility index (Phi) is 2.99. The SMILES string of the molecule is CN1C(=S)S[C@@H](Cc2cnn(C)c2)[C@@H]1O. The Morgan fingerprint density at radius 3 is 2.80 bits per heavy atom. The first-order valence-electron chi connectivity index (χ1n) is 4.67. The fourth-order valence-corrected chi connectivity index (χ4v) is 3.18. The number of aryl methyl sites for hydroxylation is 1. The second-order valence-electron chi connectivity index (χ2n) is 3.67. The van der Waals surface area contributed by atoms with E-state index < -0.39 is 6.23 Å². The summed E-state index contributed by atoms with van der Waals surface area (Å²) in [7, 11) is 3.71. The standard InChI is InChI=1S/C9H13N3OS2/c1-11-5-6(4-10-11)3-7-8(13)12(2)9(14)15-7/h4-5,7-8,13H,3H2,1-2H3/t7-,8-/m0/s1. The van der Waals surface area contributed by atoms with E-state index in [4.69, 9.17) is 12.2 Å². The molecule has 0 unspecified atom stereocenters. The highest BCUT2D eigenvalue weighted by Crippen LogP contribution is 2.31. The summed E-state index contributed by atoms with van der Waals surface area (Å²) < 4.78 is 2.53. The van der Waals surface area contributed by atoms with Crippen LogP contribution in [0.15, 0.2) is 12.4 Å². The van der Waals surface area contributed by atoms with Crippen LogP contribution in [-0.2, 0) is 13.5 Å². The first kappa shape index (κ1) is 10.9. The molecule has 2 atom stereocenters. The molecular weight excluding hydrogens is 230 g/mol. The lowest BCUT2D eigenvalue weighted by Gasteiger charge is -2.17. The number of hydrogen-bond donors (Lipinski definition) is 1. The highest BCUT2D eigenvalue weighted by molar-refractivity contribution is 8.23. The van der Waals surface area contributed by atoms with E-state index in [1.807, 2.05) is 26.5 Å². The first-order chi connectivity index (χ1) is 7.08. The predicted octanol–water partition coefficient (Wildman–Crippen LogP) is 0.613. The van der Waals surface area contributed by atoms with Gasteiger partial charge in [-0.25, -0.2) is 0 Å². The van der Waals surface area contributed by atoms with Crippen molar-refractivity contribution in [3.05, 3.63) is 18.0 Å². The van der Waals surface area contributed by atoms with Crippen molar-refractivity contribution in [3.8, 4) is 0 Å². The molecule has 2 rings (SSSR count). The number of rotatable bonds is 2. The summed E-state index contributed by atoms with van der Waals surface area (Å²) in [4.78, 5) is 1.74. The molecule has 4 nitrogen and oxygen atoms in total. The largest absolute Gasteiger partial charge is 0.372 e. The summed E-state index contributed by atoms with van der Waals surface area (Å²) in [6.45, 7) is 0. The molecule has 15 heavy (non-hydrogen) atoms. The molecule has 0 aromatic carbocycles. The minimum absolute atomic E-state index is 0.117. The van der Waals surface area contributed by atoms with Gasteiger partial charge in [0.2, 0.25) is 0 Å². The number of hydrogen-bond acceptors (Lipinski definition) is 4. The van der Waals surface area contributed by atoms with E-state index in [1.54, 1.807) is 21.3 Å². The fourth-order valence-electron chi connectivity index (χ4n) is 1.59. The predicted molar refractivity (Wildman–Crippen MR) is 64.7 cm³/mol. The molecule has 0 aliphatic carbocycles. The van der Waals surface area contributed by atoms with Crippen molar-refractivity contribution >= 4 is 28.3 Å². The quantitative estimate of drug-likeness (QED) is 0.771. The van der Waals surface area contributed by atoms with E-state index in [1.165, 1.54) is 0 Å². The van der Waals surface area contributed by atoms with Crippen LogP contribution in [0.2, 0.25) is 0 Å². The van der Waals surface area contributed by atoms with Gasteiger partial charge in [-0.2, -0.15) is 5.10 Å². The van der Waals surface area contributed by atoms with Crippen LogP contribution >= 0.6 is 24.0 Å². The molecule has 1 N–H and O–H groups in total. The van der Waals surface area contributed by atoms with Crippen LogP contribution in [0, 0.1) is 0 Å². The highest BCUT2D eigenvalue weighted by Gasteiger charge is 2.34. The summed E-state index contributed by atoms with van der Waals surface area (Å²) in [5, 5.41) is 14.1. The average molecular weight is 243 g/mol. The summed E-state index contributed by atoms with van der Waals surface area (Å²) in [6, 6.07) is 0. The van der Waals surface area contributed by atoms with Gasteiger partial charge in [0.1, 0.15) is 10.5 Å². The number of nitrogens with zero attached hydrogens (tertiary/aromatic N) is 3. The molecule has 1 aromatic heterocycles. The first-order valence-corrected chi connectivity index (χ1v) is 5.96.